The summed E-state index contributed by atoms with van der Waals surface area (Å²) in [5, 5.41) is 9.16. The molecule has 2 aliphatic rings. The van der Waals surface area contributed by atoms with E-state index in [0.29, 0.717) is 13.1 Å². The highest BCUT2D eigenvalue weighted by Gasteiger charge is 2.34. The SMILES string of the molecule is CC(C)C(=O)N1CCCC(C(=O)N2CCC(CO)C2)C1. The molecular weight excluding hydrogens is 256 g/mol. The van der Waals surface area contributed by atoms with Gasteiger partial charge < -0.3 is 14.9 Å². The van der Waals surface area contributed by atoms with Gasteiger partial charge in [-0.3, -0.25) is 9.59 Å². The van der Waals surface area contributed by atoms with Gasteiger partial charge in [0.25, 0.3) is 0 Å². The minimum Gasteiger partial charge on any atom is -0.396 e. The second-order valence-electron chi connectivity index (χ2n) is 6.40. The lowest BCUT2D eigenvalue weighted by Crippen LogP contribution is -2.47. The molecule has 0 aliphatic carbocycles. The first-order valence-corrected chi connectivity index (χ1v) is 7.71. The highest BCUT2D eigenvalue weighted by molar-refractivity contribution is 5.82. The molecule has 0 aromatic carbocycles. The third-order valence-electron chi connectivity index (χ3n) is 4.43. The first-order valence-electron chi connectivity index (χ1n) is 7.71. The lowest BCUT2D eigenvalue weighted by molar-refractivity contribution is -0.141. The molecule has 0 bridgehead atoms. The summed E-state index contributed by atoms with van der Waals surface area (Å²) in [5.74, 6) is 0.494. The van der Waals surface area contributed by atoms with Crippen molar-refractivity contribution in [2.75, 3.05) is 32.8 Å². The smallest absolute Gasteiger partial charge is 0.227 e. The highest BCUT2D eigenvalue weighted by Crippen LogP contribution is 2.24. The molecule has 0 spiro atoms. The third-order valence-corrected chi connectivity index (χ3v) is 4.43. The molecule has 5 nitrogen and oxygen atoms in total. The number of carbonyl (C=O) groups is 2. The van der Waals surface area contributed by atoms with E-state index in [9.17, 15) is 9.59 Å². The summed E-state index contributed by atoms with van der Waals surface area (Å²) >= 11 is 0. The van der Waals surface area contributed by atoms with Crippen molar-refractivity contribution >= 4 is 11.8 Å². The molecular formula is C15H26N2O3. The molecule has 1 N–H and O–H groups in total. The molecule has 0 aromatic rings. The van der Waals surface area contributed by atoms with Gasteiger partial charge in [-0.15, -0.1) is 0 Å². The van der Waals surface area contributed by atoms with Gasteiger partial charge in [0.05, 0.1) is 5.92 Å². The zero-order valence-corrected chi connectivity index (χ0v) is 12.5. The molecule has 2 unspecified atom stereocenters. The van der Waals surface area contributed by atoms with E-state index in [1.807, 2.05) is 23.6 Å². The standard InChI is InChI=1S/C15H26N2O3/c1-11(2)14(19)16-6-3-4-13(9-16)15(20)17-7-5-12(8-17)10-18/h11-13,18H,3-10H2,1-2H3. The first-order chi connectivity index (χ1) is 9.52. The summed E-state index contributed by atoms with van der Waals surface area (Å²) in [6, 6.07) is 0. The van der Waals surface area contributed by atoms with Gasteiger partial charge in [0.1, 0.15) is 0 Å². The van der Waals surface area contributed by atoms with Crippen LogP contribution in [0.15, 0.2) is 0 Å². The van der Waals surface area contributed by atoms with Gasteiger partial charge in [-0.1, -0.05) is 13.8 Å². The molecule has 2 amide bonds. The Hall–Kier alpha value is -1.10. The summed E-state index contributed by atoms with van der Waals surface area (Å²) in [6.07, 6.45) is 2.68. The van der Waals surface area contributed by atoms with Crippen molar-refractivity contribution in [1.29, 1.82) is 0 Å². The Balaban J connectivity index is 1.92. The molecule has 0 saturated carbocycles. The molecule has 2 fully saturated rings. The van der Waals surface area contributed by atoms with Gasteiger partial charge in [0, 0.05) is 44.6 Å². The molecule has 2 saturated heterocycles. The monoisotopic (exact) mass is 282 g/mol. The van der Waals surface area contributed by atoms with Crippen molar-refractivity contribution in [3.8, 4) is 0 Å². The van der Waals surface area contributed by atoms with Crippen LogP contribution in [-0.2, 0) is 9.59 Å². The predicted molar refractivity (Wildman–Crippen MR) is 75.9 cm³/mol. The maximum absolute atomic E-state index is 12.5. The number of nitrogens with zero attached hydrogens (tertiary/aromatic N) is 2. The van der Waals surface area contributed by atoms with Crippen LogP contribution < -0.4 is 0 Å². The Labute approximate surface area is 120 Å². The third kappa shape index (κ3) is 3.32. The summed E-state index contributed by atoms with van der Waals surface area (Å²) in [4.78, 5) is 28.3. The van der Waals surface area contributed by atoms with Gasteiger partial charge in [-0.25, -0.2) is 0 Å². The van der Waals surface area contributed by atoms with E-state index in [-0.39, 0.29) is 36.2 Å². The number of carbonyl (C=O) groups excluding carboxylic acids is 2. The van der Waals surface area contributed by atoms with Crippen LogP contribution in [-0.4, -0.2) is 59.5 Å². The molecule has 5 heteroatoms. The van der Waals surface area contributed by atoms with Gasteiger partial charge in [0.2, 0.25) is 11.8 Å². The van der Waals surface area contributed by atoms with Crippen LogP contribution in [0.1, 0.15) is 33.1 Å². The second kappa shape index (κ2) is 6.57. The predicted octanol–water partition coefficient (Wildman–Crippen LogP) is 0.722. The van der Waals surface area contributed by atoms with Gasteiger partial charge in [-0.2, -0.15) is 0 Å². The van der Waals surface area contributed by atoms with Crippen LogP contribution in [0.2, 0.25) is 0 Å². The molecule has 20 heavy (non-hydrogen) atoms. The number of hydrogen-bond donors (Lipinski definition) is 1. The average molecular weight is 282 g/mol. The van der Waals surface area contributed by atoms with E-state index < -0.39 is 0 Å². The average Bonchev–Trinajstić information content (AvgIpc) is 2.94. The van der Waals surface area contributed by atoms with Crippen LogP contribution >= 0.6 is 0 Å². The van der Waals surface area contributed by atoms with E-state index in [0.717, 1.165) is 32.4 Å². The van der Waals surface area contributed by atoms with Crippen molar-refractivity contribution in [2.45, 2.75) is 33.1 Å². The molecule has 2 rings (SSSR count). The van der Waals surface area contributed by atoms with Crippen LogP contribution in [0, 0.1) is 17.8 Å². The molecule has 2 aliphatic heterocycles. The van der Waals surface area contributed by atoms with E-state index in [2.05, 4.69) is 0 Å². The zero-order chi connectivity index (χ0) is 14.7. The maximum atomic E-state index is 12.5. The van der Waals surface area contributed by atoms with Crippen LogP contribution in [0.5, 0.6) is 0 Å². The van der Waals surface area contributed by atoms with E-state index in [1.54, 1.807) is 0 Å². The summed E-state index contributed by atoms with van der Waals surface area (Å²) in [6.45, 7) is 6.73. The van der Waals surface area contributed by atoms with E-state index in [1.165, 1.54) is 0 Å². The molecule has 2 heterocycles. The van der Waals surface area contributed by atoms with Crippen molar-refractivity contribution in [3.05, 3.63) is 0 Å². The van der Waals surface area contributed by atoms with Gasteiger partial charge in [0.15, 0.2) is 0 Å². The van der Waals surface area contributed by atoms with Gasteiger partial charge >= 0.3 is 0 Å². The summed E-state index contributed by atoms with van der Waals surface area (Å²) in [7, 11) is 0. The highest BCUT2D eigenvalue weighted by atomic mass is 16.3. The topological polar surface area (TPSA) is 60.9 Å². The number of piperidine rings is 1. The lowest BCUT2D eigenvalue weighted by Gasteiger charge is -2.34. The van der Waals surface area contributed by atoms with Gasteiger partial charge in [-0.05, 0) is 19.3 Å². The Kier molecular flexibility index (Phi) is 5.02. The second-order valence-corrected chi connectivity index (χ2v) is 6.40. The minimum absolute atomic E-state index is 0.00518. The number of amides is 2. The number of hydrogen-bond acceptors (Lipinski definition) is 3. The normalized spacial score (nSPS) is 27.2. The van der Waals surface area contributed by atoms with Crippen LogP contribution in [0.3, 0.4) is 0 Å². The quantitative estimate of drug-likeness (QED) is 0.830. The number of rotatable bonds is 3. The molecule has 0 radical (unpaired) electrons. The van der Waals surface area contributed by atoms with Crippen molar-refractivity contribution < 1.29 is 14.7 Å². The summed E-state index contributed by atoms with van der Waals surface area (Å²) < 4.78 is 0. The Morgan fingerprint density at radius 1 is 1.15 bits per heavy atom. The number of likely N-dealkylation sites (tertiary alicyclic amines) is 2. The van der Waals surface area contributed by atoms with Crippen molar-refractivity contribution in [2.24, 2.45) is 17.8 Å². The van der Waals surface area contributed by atoms with Crippen molar-refractivity contribution in [3.63, 3.8) is 0 Å². The summed E-state index contributed by atoms with van der Waals surface area (Å²) in [5.41, 5.74) is 0. The Morgan fingerprint density at radius 2 is 1.90 bits per heavy atom. The Morgan fingerprint density at radius 3 is 2.50 bits per heavy atom. The largest absolute Gasteiger partial charge is 0.396 e. The molecule has 114 valence electrons. The zero-order valence-electron chi connectivity index (χ0n) is 12.5. The van der Waals surface area contributed by atoms with Crippen molar-refractivity contribution in [1.82, 2.24) is 9.80 Å². The molecule has 2 atom stereocenters. The lowest BCUT2D eigenvalue weighted by atomic mass is 9.95. The number of aliphatic hydroxyl groups is 1. The first kappa shape index (κ1) is 15.3. The fourth-order valence-electron chi connectivity index (χ4n) is 3.18. The van der Waals surface area contributed by atoms with E-state index in [4.69, 9.17) is 5.11 Å². The van der Waals surface area contributed by atoms with Crippen LogP contribution in [0.25, 0.3) is 0 Å². The minimum atomic E-state index is -0.0520. The Bertz CT molecular complexity index is 370. The number of aliphatic hydroxyl groups excluding tert-OH is 1. The fourth-order valence-corrected chi connectivity index (χ4v) is 3.18. The fraction of sp³-hybridized carbons (Fsp3) is 0.867. The maximum Gasteiger partial charge on any atom is 0.227 e. The van der Waals surface area contributed by atoms with Crippen LogP contribution in [0.4, 0.5) is 0 Å². The van der Waals surface area contributed by atoms with E-state index >= 15 is 0 Å². The molecule has 0 aromatic heterocycles.